The first-order valence-corrected chi connectivity index (χ1v) is 7.63. The molecule has 1 aliphatic rings. The van der Waals surface area contributed by atoms with Gasteiger partial charge in [0.25, 0.3) is 0 Å². The first-order chi connectivity index (χ1) is 10.9. The number of unbranched alkanes of at least 4 members (excludes halogenated alkanes) is 1. The smallest absolute Gasteiger partial charge is 0.334 e. The number of amides is 6. The summed E-state index contributed by atoms with van der Waals surface area (Å²) in [4.78, 5) is 60.0. The van der Waals surface area contributed by atoms with Gasteiger partial charge in [0.2, 0.25) is 11.8 Å². The van der Waals surface area contributed by atoms with E-state index in [-0.39, 0.29) is 19.0 Å². The number of urea groups is 1. The van der Waals surface area contributed by atoms with Crippen molar-refractivity contribution in [3.8, 4) is 0 Å². The maximum absolute atomic E-state index is 12.0. The summed E-state index contributed by atoms with van der Waals surface area (Å²) >= 11 is 0. The van der Waals surface area contributed by atoms with Gasteiger partial charge in [0, 0.05) is 13.1 Å². The van der Waals surface area contributed by atoms with E-state index in [0.29, 0.717) is 17.9 Å². The van der Waals surface area contributed by atoms with Crippen molar-refractivity contribution >= 4 is 29.7 Å². The third-order valence-electron chi connectivity index (χ3n) is 3.19. The number of carbonyl (C=O) groups excluding carboxylic acids is 5. The highest BCUT2D eigenvalue weighted by atomic mass is 16.2. The molecule has 1 heterocycles. The molecule has 0 aliphatic carbocycles. The summed E-state index contributed by atoms with van der Waals surface area (Å²) in [5.41, 5.74) is 0. The molecule has 128 valence electrons. The second-order valence-electron chi connectivity index (χ2n) is 5.11. The van der Waals surface area contributed by atoms with Gasteiger partial charge in [0.1, 0.15) is 6.54 Å². The zero-order chi connectivity index (χ0) is 17.4. The first-order valence-electron chi connectivity index (χ1n) is 7.63. The lowest BCUT2D eigenvalue weighted by atomic mass is 10.3. The Morgan fingerprint density at radius 3 is 2.17 bits per heavy atom. The van der Waals surface area contributed by atoms with Gasteiger partial charge in [-0.15, -0.1) is 0 Å². The van der Waals surface area contributed by atoms with Gasteiger partial charge in [-0.2, -0.15) is 0 Å². The van der Waals surface area contributed by atoms with Crippen LogP contribution >= 0.6 is 0 Å². The maximum atomic E-state index is 12.0. The highest BCUT2D eigenvalue weighted by Crippen LogP contribution is 2.12. The average Bonchev–Trinajstić information content (AvgIpc) is 2.73. The molecule has 23 heavy (non-hydrogen) atoms. The molecule has 0 aromatic carbocycles. The molecule has 9 nitrogen and oxygen atoms in total. The average molecular weight is 326 g/mol. The van der Waals surface area contributed by atoms with Crippen LogP contribution in [0.25, 0.3) is 0 Å². The molecule has 0 atom stereocenters. The van der Waals surface area contributed by atoms with E-state index in [1.807, 2.05) is 13.8 Å². The molecule has 0 spiro atoms. The van der Waals surface area contributed by atoms with Crippen LogP contribution in [0.3, 0.4) is 0 Å². The van der Waals surface area contributed by atoms with Gasteiger partial charge in [-0.25, -0.2) is 9.69 Å². The summed E-state index contributed by atoms with van der Waals surface area (Å²) in [6, 6.07) is -0.793. The summed E-state index contributed by atoms with van der Waals surface area (Å²) in [6.07, 6.45) is 2.12. The number of rotatable bonds is 9. The van der Waals surface area contributed by atoms with Crippen molar-refractivity contribution in [1.82, 2.24) is 20.4 Å². The second-order valence-corrected chi connectivity index (χ2v) is 5.11. The molecule has 6 amide bonds. The van der Waals surface area contributed by atoms with E-state index in [1.54, 1.807) is 0 Å². The molecule has 1 rings (SSSR count). The molecule has 0 unspecified atom stereocenters. The summed E-state index contributed by atoms with van der Waals surface area (Å²) in [5, 5.41) is 4.88. The molecule has 1 saturated heterocycles. The van der Waals surface area contributed by atoms with E-state index in [2.05, 4.69) is 10.6 Å². The number of nitrogens with zero attached hydrogens (tertiary/aromatic N) is 2. The molecule has 9 heteroatoms. The van der Waals surface area contributed by atoms with Crippen LogP contribution in [0.1, 0.15) is 33.1 Å². The number of carbonyl (C=O) groups is 5. The van der Waals surface area contributed by atoms with Gasteiger partial charge in [0.15, 0.2) is 0 Å². The number of nitrogens with one attached hydrogen (secondary N) is 2. The summed E-state index contributed by atoms with van der Waals surface area (Å²) in [7, 11) is 0. The van der Waals surface area contributed by atoms with Crippen LogP contribution in [0.4, 0.5) is 4.79 Å². The fraction of sp³-hybridized carbons (Fsp3) is 0.643. The van der Waals surface area contributed by atoms with Crippen molar-refractivity contribution < 1.29 is 24.0 Å². The fourth-order valence-electron chi connectivity index (χ4n) is 1.91. The second kappa shape index (κ2) is 8.86. The van der Waals surface area contributed by atoms with Crippen LogP contribution in [0, 0.1) is 0 Å². The van der Waals surface area contributed by atoms with Crippen LogP contribution in [0.5, 0.6) is 0 Å². The lowest BCUT2D eigenvalue weighted by Crippen LogP contribution is -2.44. The van der Waals surface area contributed by atoms with E-state index < -0.39 is 30.3 Å². The van der Waals surface area contributed by atoms with E-state index in [9.17, 15) is 24.0 Å². The first kappa shape index (κ1) is 18.6. The minimum atomic E-state index is -1.02. The van der Waals surface area contributed by atoms with Crippen LogP contribution < -0.4 is 10.6 Å². The quantitative estimate of drug-likeness (QED) is 0.426. The lowest BCUT2D eigenvalue weighted by Gasteiger charge is -2.15. The Hall–Kier alpha value is -2.45. The van der Waals surface area contributed by atoms with E-state index >= 15 is 0 Å². The third kappa shape index (κ3) is 5.04. The monoisotopic (exact) mass is 326 g/mol. The van der Waals surface area contributed by atoms with E-state index in [4.69, 9.17) is 0 Å². The van der Waals surface area contributed by atoms with Gasteiger partial charge in [-0.1, -0.05) is 20.3 Å². The van der Waals surface area contributed by atoms with Gasteiger partial charge in [-0.3, -0.25) is 24.1 Å². The van der Waals surface area contributed by atoms with Crippen LogP contribution in [0.15, 0.2) is 0 Å². The number of imide groups is 2. The Morgan fingerprint density at radius 2 is 1.57 bits per heavy atom. The van der Waals surface area contributed by atoms with Crippen LogP contribution in [0.2, 0.25) is 0 Å². The summed E-state index contributed by atoms with van der Waals surface area (Å²) in [5.74, 6) is -2.97. The van der Waals surface area contributed by atoms with Crippen molar-refractivity contribution in [2.45, 2.75) is 33.1 Å². The number of hydrogen-bond donors (Lipinski definition) is 2. The standard InChI is InChI=1S/C14H22N4O5/c1-3-5-7-17-12(21)13(22)18(14(17)23)9-11(20)16-8-10(19)15-6-4-2/h3-9H2,1-2H3,(H,15,19)(H,16,20). The minimum Gasteiger partial charge on any atom is -0.355 e. The lowest BCUT2D eigenvalue weighted by molar-refractivity contribution is -0.144. The SMILES string of the molecule is CCCCN1C(=O)C(=O)N(CC(=O)NCC(=O)NCCC)C1=O. The molecule has 1 aliphatic heterocycles. The predicted octanol–water partition coefficient (Wildman–Crippen LogP) is -0.780. The molecule has 0 aromatic heterocycles. The highest BCUT2D eigenvalue weighted by Gasteiger charge is 2.44. The Morgan fingerprint density at radius 1 is 0.913 bits per heavy atom. The van der Waals surface area contributed by atoms with E-state index in [1.165, 1.54) is 0 Å². The van der Waals surface area contributed by atoms with Crippen LogP contribution in [-0.2, 0) is 19.2 Å². The Kier molecular flexibility index (Phi) is 7.17. The van der Waals surface area contributed by atoms with Crippen molar-refractivity contribution in [2.24, 2.45) is 0 Å². The van der Waals surface area contributed by atoms with Crippen LogP contribution in [-0.4, -0.2) is 65.6 Å². The third-order valence-corrected chi connectivity index (χ3v) is 3.19. The molecule has 0 saturated carbocycles. The van der Waals surface area contributed by atoms with Crippen molar-refractivity contribution in [2.75, 3.05) is 26.2 Å². The van der Waals surface area contributed by atoms with Crippen molar-refractivity contribution in [1.29, 1.82) is 0 Å². The van der Waals surface area contributed by atoms with Gasteiger partial charge >= 0.3 is 17.8 Å². The van der Waals surface area contributed by atoms with E-state index in [0.717, 1.165) is 17.7 Å². The normalized spacial score (nSPS) is 14.4. The van der Waals surface area contributed by atoms with Gasteiger partial charge < -0.3 is 10.6 Å². The molecule has 0 bridgehead atoms. The van der Waals surface area contributed by atoms with Gasteiger partial charge in [0.05, 0.1) is 6.54 Å². The zero-order valence-electron chi connectivity index (χ0n) is 13.4. The Bertz CT molecular complexity index is 505. The minimum absolute atomic E-state index is 0.150. The Labute approximate surface area is 134 Å². The number of hydrogen-bond acceptors (Lipinski definition) is 5. The molecule has 0 radical (unpaired) electrons. The maximum Gasteiger partial charge on any atom is 0.334 e. The highest BCUT2D eigenvalue weighted by molar-refractivity contribution is 6.45. The molecular weight excluding hydrogens is 304 g/mol. The van der Waals surface area contributed by atoms with Crippen molar-refractivity contribution in [3.63, 3.8) is 0 Å². The summed E-state index contributed by atoms with van der Waals surface area (Å²) in [6.45, 7) is 3.61. The largest absolute Gasteiger partial charge is 0.355 e. The molecule has 1 fully saturated rings. The molecular formula is C14H22N4O5. The zero-order valence-corrected chi connectivity index (χ0v) is 13.4. The molecule has 2 N–H and O–H groups in total. The van der Waals surface area contributed by atoms with Crippen molar-refractivity contribution in [3.05, 3.63) is 0 Å². The topological polar surface area (TPSA) is 116 Å². The molecule has 0 aromatic rings. The summed E-state index contributed by atoms with van der Waals surface area (Å²) < 4.78 is 0. The predicted molar refractivity (Wildman–Crippen MR) is 80.0 cm³/mol. The van der Waals surface area contributed by atoms with Gasteiger partial charge in [-0.05, 0) is 12.8 Å². The Balaban J connectivity index is 2.51. The fourth-order valence-corrected chi connectivity index (χ4v) is 1.91.